The number of amides is 4. The summed E-state index contributed by atoms with van der Waals surface area (Å²) in [6.45, 7) is 7.85. The van der Waals surface area contributed by atoms with Crippen LogP contribution in [-0.4, -0.2) is 84.5 Å². The van der Waals surface area contributed by atoms with Gasteiger partial charge in [0.2, 0.25) is 23.6 Å². The first-order valence-corrected chi connectivity index (χ1v) is 14.1. The Morgan fingerprint density at radius 2 is 1.17 bits per heavy atom. The molecule has 0 heterocycles. The van der Waals surface area contributed by atoms with Crippen molar-refractivity contribution >= 4 is 35.6 Å². The third kappa shape index (κ3) is 17.1. The third-order valence-corrected chi connectivity index (χ3v) is 6.06. The molecule has 4 atom stereocenters. The fraction of sp³-hybridized carbons (Fsp3) is 0.769. The Morgan fingerprint density at radius 3 is 1.63 bits per heavy atom. The first kappa shape index (κ1) is 37.5. The van der Waals surface area contributed by atoms with E-state index < -0.39 is 53.8 Å². The first-order chi connectivity index (χ1) is 19.2. The van der Waals surface area contributed by atoms with E-state index in [9.17, 15) is 29.1 Å². The van der Waals surface area contributed by atoms with Crippen molar-refractivity contribution in [2.45, 2.75) is 96.8 Å². The molecule has 0 fully saturated rings. The smallest absolute Gasteiger partial charge is 0.326 e. The van der Waals surface area contributed by atoms with Gasteiger partial charge in [-0.1, -0.05) is 27.7 Å². The average Bonchev–Trinajstić information content (AvgIpc) is 2.87. The quantitative estimate of drug-likeness (QED) is 0.0421. The highest BCUT2D eigenvalue weighted by molar-refractivity contribution is 5.95. The first-order valence-electron chi connectivity index (χ1n) is 14.1. The molecule has 0 saturated heterocycles. The summed E-state index contributed by atoms with van der Waals surface area (Å²) in [5, 5.41) is 29.9. The number of nitrogens with two attached hydrogens (primary N) is 3. The third-order valence-electron chi connectivity index (χ3n) is 6.06. The van der Waals surface area contributed by atoms with Crippen molar-refractivity contribution in [3.8, 4) is 0 Å². The highest BCUT2D eigenvalue weighted by atomic mass is 16.4. The molecule has 0 bridgehead atoms. The molecule has 0 aromatic rings. The molecule has 15 heteroatoms. The van der Waals surface area contributed by atoms with Crippen LogP contribution in [0, 0.1) is 17.2 Å². The molecular formula is C26H51N9O6. The van der Waals surface area contributed by atoms with Crippen LogP contribution in [0.3, 0.4) is 0 Å². The van der Waals surface area contributed by atoms with Gasteiger partial charge >= 0.3 is 5.97 Å². The van der Waals surface area contributed by atoms with Gasteiger partial charge in [-0.2, -0.15) is 0 Å². The number of hydrogen-bond donors (Lipinski definition) is 10. The number of rotatable bonds is 21. The number of nitrogens with one attached hydrogen (secondary N) is 6. The van der Waals surface area contributed by atoms with Gasteiger partial charge in [-0.15, -0.1) is 0 Å². The topological polar surface area (TPSA) is 268 Å². The Morgan fingerprint density at radius 1 is 0.707 bits per heavy atom. The van der Waals surface area contributed by atoms with Crippen molar-refractivity contribution in [3.63, 3.8) is 0 Å². The molecule has 0 aliphatic rings. The maximum atomic E-state index is 13.4. The lowest BCUT2D eigenvalue weighted by Gasteiger charge is -2.27. The maximum absolute atomic E-state index is 13.4. The largest absolute Gasteiger partial charge is 0.480 e. The molecule has 41 heavy (non-hydrogen) atoms. The zero-order chi connectivity index (χ0) is 31.5. The van der Waals surface area contributed by atoms with Crippen molar-refractivity contribution in [3.05, 3.63) is 0 Å². The second-order valence-corrected chi connectivity index (χ2v) is 10.9. The highest BCUT2D eigenvalue weighted by Gasteiger charge is 2.31. The zero-order valence-corrected chi connectivity index (χ0v) is 24.8. The van der Waals surface area contributed by atoms with E-state index in [4.69, 9.17) is 22.6 Å². The van der Waals surface area contributed by atoms with Gasteiger partial charge < -0.3 is 48.9 Å². The monoisotopic (exact) mass is 585 g/mol. The molecule has 13 N–H and O–H groups in total. The summed E-state index contributed by atoms with van der Waals surface area (Å²) in [6, 6.07) is -4.23. The minimum Gasteiger partial charge on any atom is -0.480 e. The molecule has 0 radical (unpaired) electrons. The summed E-state index contributed by atoms with van der Waals surface area (Å²) >= 11 is 0. The highest BCUT2D eigenvalue weighted by Crippen LogP contribution is 2.10. The normalized spacial score (nSPS) is 14.0. The molecule has 0 aliphatic heterocycles. The summed E-state index contributed by atoms with van der Waals surface area (Å²) < 4.78 is 0. The number of carbonyl (C=O) groups is 5. The molecule has 0 aliphatic carbocycles. The van der Waals surface area contributed by atoms with Gasteiger partial charge in [0, 0.05) is 6.54 Å². The van der Waals surface area contributed by atoms with E-state index in [2.05, 4.69) is 26.6 Å². The van der Waals surface area contributed by atoms with E-state index in [0.29, 0.717) is 32.2 Å². The molecule has 4 amide bonds. The van der Waals surface area contributed by atoms with Crippen LogP contribution in [0.4, 0.5) is 0 Å². The van der Waals surface area contributed by atoms with Crippen molar-refractivity contribution in [1.82, 2.24) is 26.6 Å². The average molecular weight is 586 g/mol. The van der Waals surface area contributed by atoms with Gasteiger partial charge in [0.1, 0.15) is 24.2 Å². The van der Waals surface area contributed by atoms with Crippen LogP contribution in [0.2, 0.25) is 0 Å². The second-order valence-electron chi connectivity index (χ2n) is 10.9. The Labute approximate surface area is 242 Å². The van der Waals surface area contributed by atoms with Gasteiger partial charge in [-0.25, -0.2) is 4.79 Å². The Bertz CT molecular complexity index is 868. The molecule has 0 aromatic heterocycles. The summed E-state index contributed by atoms with van der Waals surface area (Å²) in [5.74, 6) is -3.80. The van der Waals surface area contributed by atoms with E-state index in [1.54, 1.807) is 0 Å². The molecule has 0 saturated carbocycles. The van der Waals surface area contributed by atoms with Gasteiger partial charge in [0.05, 0.1) is 6.54 Å². The van der Waals surface area contributed by atoms with Crippen LogP contribution in [0.15, 0.2) is 0 Å². The SMILES string of the molecule is CC(C)C[C@H](NC(=O)CN)C(=O)N[C@@H](CC(C)C)C(=O)N[C@@H](CCCNC(=N)N)C(=O)N[C@@H](CCCCN)C(=O)O. The molecule has 15 nitrogen and oxygen atoms in total. The van der Waals surface area contributed by atoms with E-state index in [1.807, 2.05) is 27.7 Å². The predicted molar refractivity (Wildman–Crippen MR) is 155 cm³/mol. The maximum Gasteiger partial charge on any atom is 0.326 e. The van der Waals surface area contributed by atoms with Gasteiger partial charge in [0.25, 0.3) is 0 Å². The van der Waals surface area contributed by atoms with Crippen LogP contribution in [-0.2, 0) is 24.0 Å². The van der Waals surface area contributed by atoms with Crippen molar-refractivity contribution in [2.24, 2.45) is 29.0 Å². The minimum absolute atomic E-state index is 0.0146. The lowest BCUT2D eigenvalue weighted by molar-refractivity contribution is -0.142. The van der Waals surface area contributed by atoms with E-state index in [-0.39, 0.29) is 50.1 Å². The Balaban J connectivity index is 5.82. The predicted octanol–water partition coefficient (Wildman–Crippen LogP) is -1.55. The number of hydrogen-bond acceptors (Lipinski definition) is 8. The van der Waals surface area contributed by atoms with Gasteiger partial charge in [-0.05, 0) is 63.3 Å². The minimum atomic E-state index is -1.21. The standard InChI is InChI=1S/C26H51N9O6/c1-15(2)12-19(32-21(36)14-28)23(38)35-20(13-16(3)4)24(39)33-17(9-7-11-31-26(29)30)22(37)34-18(25(40)41)8-5-6-10-27/h15-20H,5-14,27-28H2,1-4H3,(H,32,36)(H,33,39)(H,34,37)(H,35,38)(H,40,41)(H4,29,30,31)/t17-,18-,19-,20-/m0/s1. The summed E-state index contributed by atoms with van der Waals surface area (Å²) in [7, 11) is 0. The van der Waals surface area contributed by atoms with Crippen LogP contribution in [0.25, 0.3) is 0 Å². The molecule has 0 rings (SSSR count). The molecule has 0 unspecified atom stereocenters. The fourth-order valence-electron chi connectivity index (χ4n) is 4.02. The van der Waals surface area contributed by atoms with Crippen molar-refractivity contribution < 1.29 is 29.1 Å². The zero-order valence-electron chi connectivity index (χ0n) is 24.8. The van der Waals surface area contributed by atoms with Gasteiger partial charge in [-0.3, -0.25) is 24.6 Å². The molecule has 236 valence electrons. The van der Waals surface area contributed by atoms with E-state index >= 15 is 0 Å². The summed E-state index contributed by atoms with van der Waals surface area (Å²) in [4.78, 5) is 63.3. The molecule has 0 aromatic carbocycles. The van der Waals surface area contributed by atoms with Crippen LogP contribution < -0.4 is 43.8 Å². The van der Waals surface area contributed by atoms with Crippen molar-refractivity contribution in [1.29, 1.82) is 5.41 Å². The van der Waals surface area contributed by atoms with Crippen molar-refractivity contribution in [2.75, 3.05) is 19.6 Å². The molecular weight excluding hydrogens is 534 g/mol. The number of carbonyl (C=O) groups excluding carboxylic acids is 4. The Hall–Kier alpha value is -3.46. The lowest BCUT2D eigenvalue weighted by atomic mass is 9.99. The summed E-state index contributed by atoms with van der Waals surface area (Å²) in [5.41, 5.74) is 16.2. The van der Waals surface area contributed by atoms with Crippen LogP contribution in [0.5, 0.6) is 0 Å². The summed E-state index contributed by atoms with van der Waals surface area (Å²) in [6.07, 6.45) is 2.26. The van der Waals surface area contributed by atoms with Gasteiger partial charge in [0.15, 0.2) is 5.96 Å². The Kier molecular flexibility index (Phi) is 18.7. The number of aliphatic carboxylic acids is 1. The number of guanidine groups is 1. The van der Waals surface area contributed by atoms with Crippen LogP contribution >= 0.6 is 0 Å². The number of unbranched alkanes of at least 4 members (excludes halogenated alkanes) is 1. The second kappa shape index (κ2) is 20.4. The number of carboxylic acids is 1. The van der Waals surface area contributed by atoms with Crippen LogP contribution in [0.1, 0.15) is 72.6 Å². The number of carboxylic acid groups (broad SMARTS) is 1. The van der Waals surface area contributed by atoms with E-state index in [1.165, 1.54) is 0 Å². The lowest BCUT2D eigenvalue weighted by Crippen LogP contribution is -2.58. The molecule has 0 spiro atoms. The fourth-order valence-corrected chi connectivity index (χ4v) is 4.02. The van der Waals surface area contributed by atoms with E-state index in [0.717, 1.165) is 0 Å².